The van der Waals surface area contributed by atoms with Crippen molar-refractivity contribution in [2.24, 2.45) is 5.73 Å². The fourth-order valence-electron chi connectivity index (χ4n) is 1.73. The molecule has 2 rings (SSSR count). The third-order valence-corrected chi connectivity index (χ3v) is 2.90. The number of hydrogen-bond acceptors (Lipinski definition) is 4. The summed E-state index contributed by atoms with van der Waals surface area (Å²) in [5.74, 6) is 0.566. The fourth-order valence-corrected chi connectivity index (χ4v) is 1.73. The molecule has 0 aromatic heterocycles. The van der Waals surface area contributed by atoms with Crippen LogP contribution in [0.15, 0.2) is 18.2 Å². The molecule has 1 heterocycles. The molecule has 1 atom stereocenters. The summed E-state index contributed by atoms with van der Waals surface area (Å²) in [5, 5.41) is 6.13. The molecule has 1 amide bonds. The normalized spacial score (nSPS) is 18.7. The van der Waals surface area contributed by atoms with Crippen LogP contribution < -0.4 is 21.1 Å². The van der Waals surface area contributed by atoms with Gasteiger partial charge in [-0.2, -0.15) is 0 Å². The van der Waals surface area contributed by atoms with E-state index in [4.69, 9.17) is 10.5 Å². The topological polar surface area (TPSA) is 76.4 Å². The monoisotopic (exact) mass is 249 g/mol. The van der Waals surface area contributed by atoms with E-state index >= 15 is 0 Å². The second-order valence-electron chi connectivity index (χ2n) is 5.17. The maximum absolute atomic E-state index is 11.5. The number of ether oxygens (including phenoxy) is 1. The molecule has 4 N–H and O–H groups in total. The number of nitrogens with two attached hydrogens (primary N) is 1. The number of carbonyl (C=O) groups excluding carboxylic acids is 1. The molecular formula is C13H19N3O2. The van der Waals surface area contributed by atoms with Crippen LogP contribution in [0.3, 0.4) is 0 Å². The van der Waals surface area contributed by atoms with Crippen molar-refractivity contribution < 1.29 is 9.53 Å². The number of rotatable bonds is 3. The Hall–Kier alpha value is -1.75. The van der Waals surface area contributed by atoms with Crippen LogP contribution >= 0.6 is 0 Å². The number of benzene rings is 1. The second-order valence-corrected chi connectivity index (χ2v) is 5.17. The molecule has 5 heteroatoms. The third kappa shape index (κ3) is 2.56. The van der Waals surface area contributed by atoms with Crippen LogP contribution in [0.5, 0.6) is 5.75 Å². The molecule has 0 radical (unpaired) electrons. The largest absolute Gasteiger partial charge is 0.479 e. The molecule has 0 spiro atoms. The summed E-state index contributed by atoms with van der Waals surface area (Å²) in [7, 11) is 0. The number of carbonyl (C=O) groups is 1. The van der Waals surface area contributed by atoms with E-state index in [1.807, 2.05) is 32.0 Å². The lowest BCUT2D eigenvalue weighted by atomic mass is 10.1. The standard InChI is InChI=1S/C13H19N3O2/c1-8-12(17)15-10-6-9(4-5-11(10)18-8)16-13(2,3)7-14/h4-6,8,16H,7,14H2,1-3H3,(H,15,17). The first-order chi connectivity index (χ1) is 8.41. The van der Waals surface area contributed by atoms with Crippen molar-refractivity contribution in [3.8, 4) is 5.75 Å². The van der Waals surface area contributed by atoms with Gasteiger partial charge >= 0.3 is 0 Å². The molecule has 1 unspecified atom stereocenters. The van der Waals surface area contributed by atoms with Crippen molar-refractivity contribution in [3.63, 3.8) is 0 Å². The van der Waals surface area contributed by atoms with Gasteiger partial charge in [0.2, 0.25) is 0 Å². The molecule has 1 aliphatic rings. The van der Waals surface area contributed by atoms with Crippen LogP contribution in [-0.2, 0) is 4.79 Å². The molecule has 1 aromatic carbocycles. The average Bonchev–Trinajstić information content (AvgIpc) is 2.31. The molecule has 5 nitrogen and oxygen atoms in total. The van der Waals surface area contributed by atoms with Gasteiger partial charge in [-0.15, -0.1) is 0 Å². The smallest absolute Gasteiger partial charge is 0.265 e. The highest BCUT2D eigenvalue weighted by molar-refractivity contribution is 5.98. The molecule has 1 aromatic rings. The maximum Gasteiger partial charge on any atom is 0.265 e. The van der Waals surface area contributed by atoms with Gasteiger partial charge in [-0.05, 0) is 39.0 Å². The number of amides is 1. The summed E-state index contributed by atoms with van der Waals surface area (Å²) in [5.41, 5.74) is 7.08. The average molecular weight is 249 g/mol. The molecule has 18 heavy (non-hydrogen) atoms. The van der Waals surface area contributed by atoms with Crippen molar-refractivity contribution in [2.45, 2.75) is 32.4 Å². The van der Waals surface area contributed by atoms with Crippen LogP contribution in [0, 0.1) is 0 Å². The SMILES string of the molecule is CC1Oc2ccc(NC(C)(C)CN)cc2NC1=O. The van der Waals surface area contributed by atoms with Gasteiger partial charge in [0.25, 0.3) is 5.91 Å². The quantitative estimate of drug-likeness (QED) is 0.759. The first-order valence-electron chi connectivity index (χ1n) is 6.01. The maximum atomic E-state index is 11.5. The molecule has 0 saturated carbocycles. The molecule has 0 fully saturated rings. The Bertz CT molecular complexity index is 471. The number of anilines is 2. The Morgan fingerprint density at radius 1 is 1.50 bits per heavy atom. The highest BCUT2D eigenvalue weighted by Gasteiger charge is 2.24. The van der Waals surface area contributed by atoms with E-state index in [1.54, 1.807) is 6.92 Å². The van der Waals surface area contributed by atoms with Crippen LogP contribution in [0.25, 0.3) is 0 Å². The first-order valence-corrected chi connectivity index (χ1v) is 6.01. The summed E-state index contributed by atoms with van der Waals surface area (Å²) in [6.07, 6.45) is -0.447. The highest BCUT2D eigenvalue weighted by atomic mass is 16.5. The summed E-state index contributed by atoms with van der Waals surface area (Å²) >= 11 is 0. The van der Waals surface area contributed by atoms with E-state index in [-0.39, 0.29) is 11.4 Å². The van der Waals surface area contributed by atoms with E-state index in [1.165, 1.54) is 0 Å². The van der Waals surface area contributed by atoms with Crippen LogP contribution in [-0.4, -0.2) is 24.1 Å². The van der Waals surface area contributed by atoms with Gasteiger partial charge in [-0.3, -0.25) is 4.79 Å². The van der Waals surface area contributed by atoms with E-state index in [0.29, 0.717) is 18.0 Å². The predicted molar refractivity (Wildman–Crippen MR) is 71.9 cm³/mol. The van der Waals surface area contributed by atoms with Gasteiger partial charge in [0.15, 0.2) is 6.10 Å². The predicted octanol–water partition coefficient (Wildman–Crippen LogP) is 1.56. The zero-order valence-corrected chi connectivity index (χ0v) is 10.9. The Morgan fingerprint density at radius 2 is 2.22 bits per heavy atom. The van der Waals surface area contributed by atoms with Crippen molar-refractivity contribution >= 4 is 17.3 Å². The molecule has 98 valence electrons. The number of nitrogens with one attached hydrogen (secondary N) is 2. The van der Waals surface area contributed by atoms with Crippen LogP contribution in [0.2, 0.25) is 0 Å². The highest BCUT2D eigenvalue weighted by Crippen LogP contribution is 2.32. The summed E-state index contributed by atoms with van der Waals surface area (Å²) in [6, 6.07) is 5.62. The van der Waals surface area contributed by atoms with Gasteiger partial charge in [-0.1, -0.05) is 0 Å². The van der Waals surface area contributed by atoms with E-state index in [2.05, 4.69) is 10.6 Å². The van der Waals surface area contributed by atoms with Crippen molar-refractivity contribution in [2.75, 3.05) is 17.2 Å². The Kier molecular flexibility index (Phi) is 3.17. The van der Waals surface area contributed by atoms with Crippen molar-refractivity contribution in [3.05, 3.63) is 18.2 Å². The lowest BCUT2D eigenvalue weighted by Crippen LogP contribution is -2.39. The minimum atomic E-state index is -0.447. The van der Waals surface area contributed by atoms with Gasteiger partial charge in [0.1, 0.15) is 5.75 Å². The van der Waals surface area contributed by atoms with Gasteiger partial charge < -0.3 is 21.1 Å². The Labute approximate surface area is 107 Å². The van der Waals surface area contributed by atoms with Crippen LogP contribution in [0.1, 0.15) is 20.8 Å². The molecular weight excluding hydrogens is 230 g/mol. The molecule has 1 aliphatic heterocycles. The number of fused-ring (bicyclic) bond motifs is 1. The minimum absolute atomic E-state index is 0.127. The van der Waals surface area contributed by atoms with Gasteiger partial charge in [0, 0.05) is 17.8 Å². The minimum Gasteiger partial charge on any atom is -0.479 e. The zero-order chi connectivity index (χ0) is 13.3. The van der Waals surface area contributed by atoms with Crippen molar-refractivity contribution in [1.82, 2.24) is 0 Å². The van der Waals surface area contributed by atoms with Gasteiger partial charge in [-0.25, -0.2) is 0 Å². The first kappa shape index (κ1) is 12.7. The molecule has 0 saturated heterocycles. The Morgan fingerprint density at radius 3 is 2.89 bits per heavy atom. The van der Waals surface area contributed by atoms with E-state index < -0.39 is 6.10 Å². The number of hydrogen-bond donors (Lipinski definition) is 3. The van der Waals surface area contributed by atoms with Crippen molar-refractivity contribution in [1.29, 1.82) is 0 Å². The molecule has 0 bridgehead atoms. The van der Waals surface area contributed by atoms with E-state index in [0.717, 1.165) is 5.69 Å². The summed E-state index contributed by atoms with van der Waals surface area (Å²) in [4.78, 5) is 11.5. The summed E-state index contributed by atoms with van der Waals surface area (Å²) in [6.45, 7) is 6.28. The summed E-state index contributed by atoms with van der Waals surface area (Å²) < 4.78 is 5.49. The Balaban J connectivity index is 2.23. The zero-order valence-electron chi connectivity index (χ0n) is 10.9. The van der Waals surface area contributed by atoms with E-state index in [9.17, 15) is 4.79 Å². The second kappa shape index (κ2) is 4.49. The third-order valence-electron chi connectivity index (χ3n) is 2.90. The molecule has 0 aliphatic carbocycles. The lowest BCUT2D eigenvalue weighted by Gasteiger charge is -2.28. The van der Waals surface area contributed by atoms with Gasteiger partial charge in [0.05, 0.1) is 5.69 Å². The van der Waals surface area contributed by atoms with Crippen LogP contribution in [0.4, 0.5) is 11.4 Å². The fraction of sp³-hybridized carbons (Fsp3) is 0.462. The lowest BCUT2D eigenvalue weighted by molar-refractivity contribution is -0.122.